The van der Waals surface area contributed by atoms with Gasteiger partial charge in [-0.15, -0.1) is 0 Å². The molecule has 0 saturated heterocycles. The van der Waals surface area contributed by atoms with Crippen LogP contribution in [0.1, 0.15) is 25.1 Å². The van der Waals surface area contributed by atoms with Gasteiger partial charge < -0.3 is 0 Å². The van der Waals surface area contributed by atoms with Crippen LogP contribution in [0, 0.1) is 0 Å². The fourth-order valence-corrected chi connectivity index (χ4v) is 7.40. The van der Waals surface area contributed by atoms with E-state index in [1.165, 1.54) is 49.7 Å². The van der Waals surface area contributed by atoms with Gasteiger partial charge in [0.2, 0.25) is 0 Å². The Balaban J connectivity index is 1.17. The second-order valence-corrected chi connectivity index (χ2v) is 13.5. The Hall–Kier alpha value is -6.12. The summed E-state index contributed by atoms with van der Waals surface area (Å²) in [6, 6.07) is 60.7. The van der Waals surface area contributed by atoms with Crippen LogP contribution in [-0.4, -0.2) is 9.97 Å². The predicted molar refractivity (Wildman–Crippen MR) is 204 cm³/mol. The second-order valence-electron chi connectivity index (χ2n) is 13.5. The van der Waals surface area contributed by atoms with Crippen LogP contribution in [0.25, 0.3) is 77.9 Å². The highest BCUT2D eigenvalue weighted by atomic mass is 14.9. The van der Waals surface area contributed by atoms with Gasteiger partial charge in [0.1, 0.15) is 0 Å². The standard InChI is InChI=1S/C47H34N2/c1-47(2)42-30-39-18-10-9-17-38(39)29-41(42)43-44(48-46(49-45(43)47)34-15-7-4-8-16-34)40-22-12-21-37(28-40)36-20-11-19-35(27-36)33-25-23-32(24-26-33)31-13-5-3-6-14-31/h3-30H,1-2H3. The van der Waals surface area contributed by atoms with E-state index in [9.17, 15) is 0 Å². The first-order chi connectivity index (χ1) is 24.0. The summed E-state index contributed by atoms with van der Waals surface area (Å²) >= 11 is 0. The number of rotatable bonds is 5. The molecule has 8 aromatic rings. The lowest BCUT2D eigenvalue weighted by atomic mass is 9.84. The van der Waals surface area contributed by atoms with Crippen molar-refractivity contribution in [3.8, 4) is 67.2 Å². The highest BCUT2D eigenvalue weighted by molar-refractivity contribution is 5.97. The van der Waals surface area contributed by atoms with Gasteiger partial charge in [0.05, 0.1) is 11.4 Å². The molecule has 0 bridgehead atoms. The lowest BCUT2D eigenvalue weighted by molar-refractivity contribution is 0.637. The Morgan fingerprint density at radius 3 is 1.51 bits per heavy atom. The lowest BCUT2D eigenvalue weighted by Crippen LogP contribution is -2.17. The van der Waals surface area contributed by atoms with Crippen LogP contribution in [-0.2, 0) is 5.41 Å². The van der Waals surface area contributed by atoms with Crippen LogP contribution < -0.4 is 0 Å². The van der Waals surface area contributed by atoms with Crippen LogP contribution in [0.3, 0.4) is 0 Å². The van der Waals surface area contributed by atoms with Gasteiger partial charge in [-0.05, 0) is 79.5 Å². The molecule has 49 heavy (non-hydrogen) atoms. The SMILES string of the molecule is CC1(C)c2cc3ccccc3cc2-c2c(-c3cccc(-c4cccc(-c5ccc(-c6ccccc6)cc5)c4)c3)nc(-c3ccccc3)nc21. The molecule has 1 aliphatic rings. The van der Waals surface area contributed by atoms with E-state index in [4.69, 9.17) is 9.97 Å². The van der Waals surface area contributed by atoms with Crippen molar-refractivity contribution in [2.24, 2.45) is 0 Å². The molecule has 2 heteroatoms. The summed E-state index contributed by atoms with van der Waals surface area (Å²) in [5.74, 6) is 0.756. The Kier molecular flexibility index (Phi) is 6.84. The first-order valence-corrected chi connectivity index (χ1v) is 16.9. The fraction of sp³-hybridized carbons (Fsp3) is 0.0638. The molecule has 0 atom stereocenters. The third-order valence-corrected chi connectivity index (χ3v) is 10.0. The third-order valence-electron chi connectivity index (χ3n) is 10.0. The Morgan fingerprint density at radius 2 is 0.857 bits per heavy atom. The van der Waals surface area contributed by atoms with Crippen molar-refractivity contribution in [1.82, 2.24) is 9.97 Å². The van der Waals surface area contributed by atoms with E-state index in [2.05, 4.69) is 178 Å². The topological polar surface area (TPSA) is 25.8 Å². The first kappa shape index (κ1) is 29.1. The second kappa shape index (κ2) is 11.5. The monoisotopic (exact) mass is 626 g/mol. The molecule has 1 heterocycles. The summed E-state index contributed by atoms with van der Waals surface area (Å²) in [4.78, 5) is 10.7. The van der Waals surface area contributed by atoms with Crippen LogP contribution in [0.15, 0.2) is 170 Å². The predicted octanol–water partition coefficient (Wildman–Crippen LogP) is 12.3. The van der Waals surface area contributed by atoms with Crippen LogP contribution in [0.2, 0.25) is 0 Å². The van der Waals surface area contributed by atoms with Crippen molar-refractivity contribution in [3.63, 3.8) is 0 Å². The van der Waals surface area contributed by atoms with E-state index < -0.39 is 0 Å². The zero-order chi connectivity index (χ0) is 33.0. The molecule has 2 nitrogen and oxygen atoms in total. The van der Waals surface area contributed by atoms with Crippen molar-refractivity contribution in [2.75, 3.05) is 0 Å². The number of benzene rings is 7. The van der Waals surface area contributed by atoms with E-state index in [-0.39, 0.29) is 5.41 Å². The number of nitrogens with zero attached hydrogens (tertiary/aromatic N) is 2. The summed E-state index contributed by atoms with van der Waals surface area (Å²) < 4.78 is 0. The highest BCUT2D eigenvalue weighted by Crippen LogP contribution is 2.52. The van der Waals surface area contributed by atoms with Crippen LogP contribution in [0.5, 0.6) is 0 Å². The molecular formula is C47H34N2. The summed E-state index contributed by atoms with van der Waals surface area (Å²) in [7, 11) is 0. The number of hydrogen-bond donors (Lipinski definition) is 0. The molecule has 0 spiro atoms. The lowest BCUT2D eigenvalue weighted by Gasteiger charge is -2.21. The molecule has 0 aliphatic heterocycles. The Morgan fingerprint density at radius 1 is 0.388 bits per heavy atom. The minimum absolute atomic E-state index is 0.280. The van der Waals surface area contributed by atoms with Crippen molar-refractivity contribution in [3.05, 3.63) is 181 Å². The molecule has 0 unspecified atom stereocenters. The van der Waals surface area contributed by atoms with E-state index in [1.807, 2.05) is 6.07 Å². The van der Waals surface area contributed by atoms with Gasteiger partial charge in [-0.3, -0.25) is 0 Å². The van der Waals surface area contributed by atoms with Crippen LogP contribution >= 0.6 is 0 Å². The summed E-state index contributed by atoms with van der Waals surface area (Å²) in [6.07, 6.45) is 0. The van der Waals surface area contributed by atoms with Crippen molar-refractivity contribution >= 4 is 10.8 Å². The van der Waals surface area contributed by atoms with Gasteiger partial charge in [-0.1, -0.05) is 159 Å². The van der Waals surface area contributed by atoms with Gasteiger partial charge in [0, 0.05) is 22.1 Å². The summed E-state index contributed by atoms with van der Waals surface area (Å²) in [6.45, 7) is 4.60. The molecule has 1 aliphatic carbocycles. The molecule has 0 fully saturated rings. The van der Waals surface area contributed by atoms with E-state index in [0.29, 0.717) is 0 Å². The molecule has 1 aromatic heterocycles. The molecule has 0 amide bonds. The van der Waals surface area contributed by atoms with Crippen molar-refractivity contribution in [1.29, 1.82) is 0 Å². The minimum Gasteiger partial charge on any atom is -0.231 e. The molecule has 9 rings (SSSR count). The van der Waals surface area contributed by atoms with Gasteiger partial charge in [0.15, 0.2) is 5.82 Å². The largest absolute Gasteiger partial charge is 0.231 e. The number of aromatic nitrogens is 2. The van der Waals surface area contributed by atoms with Gasteiger partial charge >= 0.3 is 0 Å². The molecule has 232 valence electrons. The van der Waals surface area contributed by atoms with E-state index in [0.717, 1.165) is 39.5 Å². The minimum atomic E-state index is -0.280. The molecule has 0 radical (unpaired) electrons. The molecule has 0 N–H and O–H groups in total. The fourth-order valence-electron chi connectivity index (χ4n) is 7.40. The smallest absolute Gasteiger partial charge is 0.160 e. The maximum atomic E-state index is 5.35. The summed E-state index contributed by atoms with van der Waals surface area (Å²) in [5, 5.41) is 2.47. The average molecular weight is 627 g/mol. The van der Waals surface area contributed by atoms with Gasteiger partial charge in [-0.25, -0.2) is 9.97 Å². The molecule has 7 aromatic carbocycles. The maximum absolute atomic E-state index is 5.35. The zero-order valence-corrected chi connectivity index (χ0v) is 27.6. The Labute approximate surface area is 287 Å². The van der Waals surface area contributed by atoms with Crippen LogP contribution in [0.4, 0.5) is 0 Å². The average Bonchev–Trinajstić information content (AvgIpc) is 3.39. The highest BCUT2D eigenvalue weighted by Gasteiger charge is 2.40. The summed E-state index contributed by atoms with van der Waals surface area (Å²) in [5.41, 5.74) is 14.7. The van der Waals surface area contributed by atoms with E-state index >= 15 is 0 Å². The first-order valence-electron chi connectivity index (χ1n) is 16.9. The van der Waals surface area contributed by atoms with Gasteiger partial charge in [-0.2, -0.15) is 0 Å². The molecule has 0 saturated carbocycles. The third kappa shape index (κ3) is 5.05. The maximum Gasteiger partial charge on any atom is 0.160 e. The number of hydrogen-bond acceptors (Lipinski definition) is 2. The van der Waals surface area contributed by atoms with E-state index in [1.54, 1.807) is 0 Å². The molecular weight excluding hydrogens is 593 g/mol. The van der Waals surface area contributed by atoms with Gasteiger partial charge in [0.25, 0.3) is 0 Å². The Bertz CT molecular complexity index is 2490. The number of fused-ring (bicyclic) bond motifs is 4. The zero-order valence-electron chi connectivity index (χ0n) is 27.6. The van der Waals surface area contributed by atoms with Crippen molar-refractivity contribution < 1.29 is 0 Å². The normalized spacial score (nSPS) is 12.9. The quantitative estimate of drug-likeness (QED) is 0.190. The van der Waals surface area contributed by atoms with Crippen molar-refractivity contribution in [2.45, 2.75) is 19.3 Å².